The number of benzene rings is 1. The molecule has 2 heterocycles. The van der Waals surface area contributed by atoms with E-state index in [2.05, 4.69) is 11.1 Å². The second kappa shape index (κ2) is 4.22. The van der Waals surface area contributed by atoms with E-state index < -0.39 is 0 Å². The standard InChI is InChI=1S/C13H13N3O2/c1-2-13-15-9-7-11-12(18-6-5-17-11)8-10(9)16(13)4-3-14/h7-8H,2,4-6H2,1H3. The van der Waals surface area contributed by atoms with Crippen LogP contribution in [0.15, 0.2) is 12.1 Å². The number of nitriles is 1. The van der Waals surface area contributed by atoms with Gasteiger partial charge in [-0.15, -0.1) is 0 Å². The van der Waals surface area contributed by atoms with Crippen molar-refractivity contribution in [3.05, 3.63) is 18.0 Å². The molecule has 5 heteroatoms. The maximum Gasteiger partial charge on any atom is 0.163 e. The van der Waals surface area contributed by atoms with Gasteiger partial charge in [-0.2, -0.15) is 5.26 Å². The van der Waals surface area contributed by atoms with E-state index in [9.17, 15) is 0 Å². The van der Waals surface area contributed by atoms with E-state index in [1.807, 2.05) is 23.6 Å². The minimum Gasteiger partial charge on any atom is -0.486 e. The predicted molar refractivity (Wildman–Crippen MR) is 65.7 cm³/mol. The summed E-state index contributed by atoms with van der Waals surface area (Å²) in [6.07, 6.45) is 0.794. The summed E-state index contributed by atoms with van der Waals surface area (Å²) in [5.74, 6) is 2.38. The van der Waals surface area contributed by atoms with E-state index >= 15 is 0 Å². The van der Waals surface area contributed by atoms with Crippen molar-refractivity contribution in [1.29, 1.82) is 5.26 Å². The zero-order valence-electron chi connectivity index (χ0n) is 10.1. The molecular formula is C13H13N3O2. The van der Waals surface area contributed by atoms with Gasteiger partial charge in [-0.05, 0) is 0 Å². The summed E-state index contributed by atoms with van der Waals surface area (Å²) < 4.78 is 13.0. The molecule has 0 radical (unpaired) electrons. The second-order valence-corrected chi connectivity index (χ2v) is 4.11. The Bertz CT molecular complexity index is 640. The van der Waals surface area contributed by atoms with Gasteiger partial charge in [-0.1, -0.05) is 6.92 Å². The van der Waals surface area contributed by atoms with Crippen LogP contribution >= 0.6 is 0 Å². The van der Waals surface area contributed by atoms with E-state index in [1.165, 1.54) is 0 Å². The Morgan fingerprint density at radius 1 is 1.33 bits per heavy atom. The molecule has 1 aromatic heterocycles. The summed E-state index contributed by atoms with van der Waals surface area (Å²) in [5.41, 5.74) is 1.78. The second-order valence-electron chi connectivity index (χ2n) is 4.11. The van der Waals surface area contributed by atoms with E-state index in [0.29, 0.717) is 19.8 Å². The van der Waals surface area contributed by atoms with Gasteiger partial charge in [0.1, 0.15) is 25.6 Å². The van der Waals surface area contributed by atoms with Crippen molar-refractivity contribution in [2.24, 2.45) is 0 Å². The molecule has 18 heavy (non-hydrogen) atoms. The fourth-order valence-electron chi connectivity index (χ4n) is 2.23. The molecule has 0 fully saturated rings. The van der Waals surface area contributed by atoms with Gasteiger partial charge in [0.25, 0.3) is 0 Å². The molecule has 0 spiro atoms. The highest BCUT2D eigenvalue weighted by atomic mass is 16.6. The Balaban J connectivity index is 2.23. The third-order valence-corrected chi connectivity index (χ3v) is 3.04. The minimum atomic E-state index is 0.305. The van der Waals surface area contributed by atoms with Crippen molar-refractivity contribution in [2.75, 3.05) is 13.2 Å². The lowest BCUT2D eigenvalue weighted by molar-refractivity contribution is 0.172. The van der Waals surface area contributed by atoms with Crippen molar-refractivity contribution >= 4 is 11.0 Å². The van der Waals surface area contributed by atoms with E-state index in [-0.39, 0.29) is 0 Å². The Labute approximate surface area is 105 Å². The molecule has 0 aliphatic carbocycles. The molecule has 0 bridgehead atoms. The first kappa shape index (κ1) is 10.9. The number of ether oxygens (including phenoxy) is 2. The Morgan fingerprint density at radius 2 is 2.06 bits per heavy atom. The lowest BCUT2D eigenvalue weighted by Gasteiger charge is -2.18. The Morgan fingerprint density at radius 3 is 2.72 bits per heavy atom. The number of aryl methyl sites for hydroxylation is 1. The van der Waals surface area contributed by atoms with Crippen molar-refractivity contribution < 1.29 is 9.47 Å². The molecular weight excluding hydrogens is 230 g/mol. The maximum atomic E-state index is 8.90. The zero-order valence-corrected chi connectivity index (χ0v) is 10.1. The van der Waals surface area contributed by atoms with Crippen molar-refractivity contribution in [2.45, 2.75) is 19.9 Å². The average Bonchev–Trinajstić information content (AvgIpc) is 2.74. The summed E-state index contributed by atoms with van der Waals surface area (Å²) in [7, 11) is 0. The molecule has 2 aromatic rings. The summed E-state index contributed by atoms with van der Waals surface area (Å²) in [4.78, 5) is 4.53. The lowest BCUT2D eigenvalue weighted by Crippen LogP contribution is -2.15. The van der Waals surface area contributed by atoms with Crippen LogP contribution in [0.4, 0.5) is 0 Å². The van der Waals surface area contributed by atoms with Gasteiger partial charge in [0.15, 0.2) is 11.5 Å². The molecule has 1 aliphatic rings. The van der Waals surface area contributed by atoms with Crippen LogP contribution in [0.5, 0.6) is 11.5 Å². The molecule has 0 saturated heterocycles. The average molecular weight is 243 g/mol. The fourth-order valence-corrected chi connectivity index (χ4v) is 2.23. The normalized spacial score (nSPS) is 13.6. The van der Waals surface area contributed by atoms with Crippen LogP contribution < -0.4 is 9.47 Å². The van der Waals surface area contributed by atoms with Crippen LogP contribution in [0.3, 0.4) is 0 Å². The molecule has 1 aliphatic heterocycles. The quantitative estimate of drug-likeness (QED) is 0.808. The van der Waals surface area contributed by atoms with Crippen molar-refractivity contribution in [1.82, 2.24) is 9.55 Å². The van der Waals surface area contributed by atoms with Crippen LogP contribution in [0.2, 0.25) is 0 Å². The molecule has 1 aromatic carbocycles. The number of rotatable bonds is 2. The molecule has 0 atom stereocenters. The predicted octanol–water partition coefficient (Wildman–Crippen LogP) is 1.89. The third-order valence-electron chi connectivity index (χ3n) is 3.04. The molecule has 0 N–H and O–H groups in total. The van der Waals surface area contributed by atoms with Gasteiger partial charge in [-0.3, -0.25) is 0 Å². The van der Waals surface area contributed by atoms with Crippen LogP contribution in [-0.2, 0) is 13.0 Å². The van der Waals surface area contributed by atoms with Gasteiger partial charge in [0.05, 0.1) is 17.1 Å². The monoisotopic (exact) mass is 243 g/mol. The molecule has 92 valence electrons. The van der Waals surface area contributed by atoms with Crippen LogP contribution in [0.1, 0.15) is 12.7 Å². The van der Waals surface area contributed by atoms with Crippen molar-refractivity contribution in [3.8, 4) is 17.6 Å². The lowest BCUT2D eigenvalue weighted by atomic mass is 10.2. The first-order valence-electron chi connectivity index (χ1n) is 5.99. The number of imidazole rings is 1. The SMILES string of the molecule is CCc1nc2cc3c(cc2n1CC#N)OCCO3. The summed E-state index contributed by atoms with van der Waals surface area (Å²) in [6.45, 7) is 3.46. The summed E-state index contributed by atoms with van der Waals surface area (Å²) >= 11 is 0. The Kier molecular flexibility index (Phi) is 2.56. The van der Waals surface area contributed by atoms with Gasteiger partial charge in [0, 0.05) is 18.6 Å². The maximum absolute atomic E-state index is 8.90. The van der Waals surface area contributed by atoms with Crippen LogP contribution in [-0.4, -0.2) is 22.8 Å². The van der Waals surface area contributed by atoms with Gasteiger partial charge >= 0.3 is 0 Å². The van der Waals surface area contributed by atoms with E-state index in [1.54, 1.807) is 0 Å². The number of aromatic nitrogens is 2. The summed E-state index contributed by atoms with van der Waals surface area (Å²) in [6, 6.07) is 5.96. The first-order valence-corrected chi connectivity index (χ1v) is 5.99. The molecule has 0 unspecified atom stereocenters. The molecule has 5 nitrogen and oxygen atoms in total. The number of hydrogen-bond acceptors (Lipinski definition) is 4. The van der Waals surface area contributed by atoms with Crippen LogP contribution in [0.25, 0.3) is 11.0 Å². The number of nitrogens with zero attached hydrogens (tertiary/aromatic N) is 3. The largest absolute Gasteiger partial charge is 0.486 e. The van der Waals surface area contributed by atoms with Gasteiger partial charge in [-0.25, -0.2) is 4.98 Å². The number of hydrogen-bond donors (Lipinski definition) is 0. The van der Waals surface area contributed by atoms with Gasteiger partial charge < -0.3 is 14.0 Å². The highest BCUT2D eigenvalue weighted by molar-refractivity contribution is 5.81. The molecule has 3 rings (SSSR count). The van der Waals surface area contributed by atoms with E-state index in [0.717, 1.165) is 34.8 Å². The first-order chi connectivity index (χ1) is 8.83. The highest BCUT2D eigenvalue weighted by Crippen LogP contribution is 2.34. The zero-order chi connectivity index (χ0) is 12.5. The molecule has 0 amide bonds. The topological polar surface area (TPSA) is 60.1 Å². The number of fused-ring (bicyclic) bond motifs is 2. The molecule has 0 saturated carbocycles. The minimum absolute atomic E-state index is 0.305. The van der Waals surface area contributed by atoms with Crippen LogP contribution in [0, 0.1) is 11.3 Å². The van der Waals surface area contributed by atoms with E-state index in [4.69, 9.17) is 14.7 Å². The summed E-state index contributed by atoms with van der Waals surface area (Å²) in [5, 5.41) is 8.90. The highest BCUT2D eigenvalue weighted by Gasteiger charge is 2.17. The fraction of sp³-hybridized carbons (Fsp3) is 0.385. The van der Waals surface area contributed by atoms with Crippen molar-refractivity contribution in [3.63, 3.8) is 0 Å². The smallest absolute Gasteiger partial charge is 0.163 e. The van der Waals surface area contributed by atoms with Gasteiger partial charge in [0.2, 0.25) is 0 Å². The third kappa shape index (κ3) is 1.58. The Hall–Kier alpha value is -2.22.